The van der Waals surface area contributed by atoms with Crippen LogP contribution in [0.5, 0.6) is 5.75 Å². The van der Waals surface area contributed by atoms with E-state index in [1.165, 1.54) is 0 Å². The Morgan fingerprint density at radius 1 is 1.03 bits per heavy atom. The number of nitriles is 1. The maximum absolute atomic E-state index is 12.4. The van der Waals surface area contributed by atoms with Crippen molar-refractivity contribution in [1.29, 1.82) is 5.26 Å². The summed E-state index contributed by atoms with van der Waals surface area (Å²) in [4.78, 5) is 16.7. The predicted molar refractivity (Wildman–Crippen MR) is 150 cm³/mol. The molecule has 4 aromatic carbocycles. The lowest BCUT2D eigenvalue weighted by Crippen LogP contribution is -2.26. The van der Waals surface area contributed by atoms with Gasteiger partial charge in [0.05, 0.1) is 17.3 Å². The zero-order chi connectivity index (χ0) is 26.8. The van der Waals surface area contributed by atoms with Crippen molar-refractivity contribution >= 4 is 39.5 Å². The summed E-state index contributed by atoms with van der Waals surface area (Å²) in [6.45, 7) is 0.293. The summed E-state index contributed by atoms with van der Waals surface area (Å²) in [5.74, 6) is 1.07. The fourth-order valence-electron chi connectivity index (χ4n) is 4.52. The highest BCUT2D eigenvalue weighted by Crippen LogP contribution is 2.28. The van der Waals surface area contributed by atoms with Crippen molar-refractivity contribution in [3.05, 3.63) is 108 Å². The number of fused-ring (bicyclic) bond motifs is 2. The van der Waals surface area contributed by atoms with Crippen LogP contribution >= 0.6 is 0 Å². The van der Waals surface area contributed by atoms with Crippen molar-refractivity contribution in [2.75, 3.05) is 5.32 Å². The van der Waals surface area contributed by atoms with E-state index in [2.05, 4.69) is 21.7 Å². The molecule has 6 rings (SSSR count). The summed E-state index contributed by atoms with van der Waals surface area (Å²) >= 11 is 0. The lowest BCUT2D eigenvalue weighted by molar-refractivity contribution is 0.200. The van der Waals surface area contributed by atoms with Crippen LogP contribution in [0.4, 0.5) is 16.5 Å². The molecular formula is C31H23N5O3. The molecule has 2 aromatic heterocycles. The van der Waals surface area contributed by atoms with Crippen LogP contribution in [0.1, 0.15) is 11.1 Å². The third kappa shape index (κ3) is 5.02. The zero-order valence-electron chi connectivity index (χ0n) is 21.0. The summed E-state index contributed by atoms with van der Waals surface area (Å²) in [5, 5.41) is 18.3. The highest BCUT2D eigenvalue weighted by Gasteiger charge is 2.11. The average molecular weight is 514 g/mol. The molecule has 0 saturated carbocycles. The quantitative estimate of drug-likeness (QED) is 0.251. The lowest BCUT2D eigenvalue weighted by Gasteiger charge is -2.08. The van der Waals surface area contributed by atoms with Crippen LogP contribution in [0.15, 0.2) is 102 Å². The molecule has 6 aromatic rings. The van der Waals surface area contributed by atoms with E-state index in [1.807, 2.05) is 96.7 Å². The first-order chi connectivity index (χ1) is 19.1. The second-order valence-electron chi connectivity index (χ2n) is 9.10. The Bertz CT molecular complexity index is 1880. The van der Waals surface area contributed by atoms with E-state index >= 15 is 0 Å². The van der Waals surface area contributed by atoms with Crippen molar-refractivity contribution in [2.45, 2.75) is 6.54 Å². The summed E-state index contributed by atoms with van der Waals surface area (Å²) in [5.41, 5.74) is 4.08. The minimum Gasteiger partial charge on any atom is -0.423 e. The third-order valence-corrected chi connectivity index (χ3v) is 6.45. The number of carbonyl (C=O) groups excluding carboxylic acids is 1. The van der Waals surface area contributed by atoms with Crippen LogP contribution in [0.3, 0.4) is 0 Å². The van der Waals surface area contributed by atoms with E-state index in [0.29, 0.717) is 29.6 Å². The maximum atomic E-state index is 12.4. The van der Waals surface area contributed by atoms with E-state index in [9.17, 15) is 10.1 Å². The molecule has 0 radical (unpaired) electrons. The monoisotopic (exact) mass is 513 g/mol. The molecule has 0 bridgehead atoms. The van der Waals surface area contributed by atoms with Gasteiger partial charge in [-0.25, -0.2) is 9.78 Å². The second-order valence-corrected chi connectivity index (χ2v) is 9.10. The molecule has 0 unspecified atom stereocenters. The van der Waals surface area contributed by atoms with E-state index in [0.717, 1.165) is 38.5 Å². The molecule has 2 N–H and O–H groups in total. The molecule has 0 aliphatic heterocycles. The van der Waals surface area contributed by atoms with E-state index < -0.39 is 6.09 Å². The molecule has 0 aliphatic rings. The van der Waals surface area contributed by atoms with Gasteiger partial charge in [0.2, 0.25) is 0 Å². The van der Waals surface area contributed by atoms with Crippen LogP contribution in [-0.2, 0) is 13.6 Å². The molecule has 8 nitrogen and oxygen atoms in total. The first kappa shape index (κ1) is 23.8. The molecule has 0 aliphatic carbocycles. The van der Waals surface area contributed by atoms with Gasteiger partial charge in [-0.15, -0.1) is 0 Å². The number of hydrogen-bond acceptors (Lipinski definition) is 6. The Balaban J connectivity index is 1.10. The molecule has 2 heterocycles. The van der Waals surface area contributed by atoms with Gasteiger partial charge >= 0.3 is 6.09 Å². The molecule has 0 spiro atoms. The number of anilines is 2. The number of nitrogens with zero attached hydrogens (tertiary/aromatic N) is 3. The number of nitrogens with one attached hydrogen (secondary N) is 2. The number of ether oxygens (including phenoxy) is 1. The van der Waals surface area contributed by atoms with Gasteiger partial charge < -0.3 is 24.4 Å². The summed E-state index contributed by atoms with van der Waals surface area (Å²) in [6.07, 6.45) is 2.93. The summed E-state index contributed by atoms with van der Waals surface area (Å²) < 4.78 is 13.3. The molecule has 190 valence electrons. The molecule has 0 fully saturated rings. The first-order valence-electron chi connectivity index (χ1n) is 12.3. The van der Waals surface area contributed by atoms with Crippen LogP contribution < -0.4 is 15.4 Å². The third-order valence-electron chi connectivity index (χ3n) is 6.45. The molecule has 0 atom stereocenters. The van der Waals surface area contributed by atoms with Crippen LogP contribution in [0.2, 0.25) is 0 Å². The van der Waals surface area contributed by atoms with Crippen molar-refractivity contribution < 1.29 is 13.9 Å². The van der Waals surface area contributed by atoms with Gasteiger partial charge in [0.1, 0.15) is 11.8 Å². The minimum atomic E-state index is -0.529. The van der Waals surface area contributed by atoms with Crippen LogP contribution in [0, 0.1) is 11.3 Å². The fraction of sp³-hybridized carbons (Fsp3) is 0.0645. The number of carbonyl (C=O) groups is 1. The van der Waals surface area contributed by atoms with E-state index in [1.54, 1.807) is 12.3 Å². The Hall–Kier alpha value is -5.55. The predicted octanol–water partition coefficient (Wildman–Crippen LogP) is 6.89. The van der Waals surface area contributed by atoms with Crippen molar-refractivity contribution in [3.63, 3.8) is 0 Å². The van der Waals surface area contributed by atoms with Crippen LogP contribution in [0.25, 0.3) is 33.0 Å². The molecule has 39 heavy (non-hydrogen) atoms. The number of aromatic nitrogens is 2. The standard InChI is InChI=1S/C31H23N5O3/c1-36-19-24(16-32)27-12-10-25(15-28(27)36)35-30-33-18-29(39-30)23-8-4-5-20(13-23)17-34-31(37)38-26-11-9-21-6-2-3-7-22(21)14-26/h2-15,18-19H,17H2,1H3,(H,33,35)(H,34,37). The number of oxazole rings is 1. The van der Waals surface area contributed by atoms with Gasteiger partial charge in [0, 0.05) is 36.4 Å². The second kappa shape index (κ2) is 10.1. The van der Waals surface area contributed by atoms with Gasteiger partial charge in [-0.2, -0.15) is 5.26 Å². The molecule has 0 saturated heterocycles. The smallest absolute Gasteiger partial charge is 0.412 e. The van der Waals surface area contributed by atoms with E-state index in [4.69, 9.17) is 9.15 Å². The fourth-order valence-corrected chi connectivity index (χ4v) is 4.52. The minimum absolute atomic E-state index is 0.293. The largest absolute Gasteiger partial charge is 0.423 e. The topological polar surface area (TPSA) is 105 Å². The lowest BCUT2D eigenvalue weighted by atomic mass is 10.1. The van der Waals surface area contributed by atoms with Gasteiger partial charge in [0.15, 0.2) is 5.76 Å². The number of amides is 1. The maximum Gasteiger partial charge on any atom is 0.412 e. The van der Waals surface area contributed by atoms with Gasteiger partial charge in [-0.1, -0.05) is 48.5 Å². The van der Waals surface area contributed by atoms with Crippen molar-refractivity contribution in [2.24, 2.45) is 7.05 Å². The zero-order valence-corrected chi connectivity index (χ0v) is 21.0. The SMILES string of the molecule is Cn1cc(C#N)c2ccc(Nc3ncc(-c4cccc(CNC(=O)Oc5ccc6ccccc6c5)c4)o3)cc21. The first-order valence-corrected chi connectivity index (χ1v) is 12.3. The molecule has 1 amide bonds. The van der Waals surface area contributed by atoms with Gasteiger partial charge in [-0.05, 0) is 52.7 Å². The van der Waals surface area contributed by atoms with Gasteiger partial charge in [0.25, 0.3) is 6.01 Å². The number of aryl methyl sites for hydroxylation is 1. The van der Waals surface area contributed by atoms with Crippen molar-refractivity contribution in [3.8, 4) is 23.1 Å². The Morgan fingerprint density at radius 2 is 1.90 bits per heavy atom. The van der Waals surface area contributed by atoms with Crippen LogP contribution in [-0.4, -0.2) is 15.6 Å². The average Bonchev–Trinajstić information content (AvgIpc) is 3.56. The summed E-state index contributed by atoms with van der Waals surface area (Å²) in [7, 11) is 1.90. The number of benzene rings is 4. The number of hydrogen-bond donors (Lipinski definition) is 2. The van der Waals surface area contributed by atoms with Crippen molar-refractivity contribution in [1.82, 2.24) is 14.9 Å². The summed E-state index contributed by atoms with van der Waals surface area (Å²) in [6, 6.07) is 29.4. The number of rotatable bonds is 6. The van der Waals surface area contributed by atoms with E-state index in [-0.39, 0.29) is 0 Å². The molecular weight excluding hydrogens is 490 g/mol. The van der Waals surface area contributed by atoms with Gasteiger partial charge in [-0.3, -0.25) is 0 Å². The Labute approximate surface area is 224 Å². The Morgan fingerprint density at radius 3 is 2.77 bits per heavy atom. The highest BCUT2D eigenvalue weighted by molar-refractivity contribution is 5.89. The Kier molecular flexibility index (Phi) is 6.15. The normalized spacial score (nSPS) is 10.9. The molecule has 8 heteroatoms. The highest BCUT2D eigenvalue weighted by atomic mass is 16.6.